The molecule has 0 saturated carbocycles. The van der Waals surface area contributed by atoms with Crippen molar-refractivity contribution in [2.24, 2.45) is 5.92 Å². The number of nitrogens with zero attached hydrogens (tertiary/aromatic N) is 2. The first-order valence-corrected chi connectivity index (χ1v) is 5.09. The minimum absolute atomic E-state index is 0.552. The van der Waals surface area contributed by atoms with Crippen LogP contribution in [0.25, 0.3) is 0 Å². The fourth-order valence-corrected chi connectivity index (χ4v) is 2.50. The van der Waals surface area contributed by atoms with Crippen molar-refractivity contribution in [3.63, 3.8) is 0 Å². The van der Waals surface area contributed by atoms with Gasteiger partial charge in [-0.2, -0.15) is 0 Å². The molecule has 0 N–H and O–H groups in total. The molecule has 2 nitrogen and oxygen atoms in total. The van der Waals surface area contributed by atoms with E-state index in [0.29, 0.717) is 6.04 Å². The number of hydrogen-bond acceptors (Lipinski definition) is 2. The summed E-state index contributed by atoms with van der Waals surface area (Å²) in [7, 11) is 6.41. The number of alkyl halides is 1. The Morgan fingerprint density at radius 3 is 2.58 bits per heavy atom. The van der Waals surface area contributed by atoms with Gasteiger partial charge in [0.25, 0.3) is 0 Å². The van der Waals surface area contributed by atoms with Crippen molar-refractivity contribution in [2.45, 2.75) is 12.5 Å². The summed E-state index contributed by atoms with van der Waals surface area (Å²) in [5, 5.41) is 0. The normalized spacial score (nSPS) is 28.2. The second kappa shape index (κ2) is 4.45. The van der Waals surface area contributed by atoms with E-state index in [1.807, 2.05) is 0 Å². The molecular weight excluding hydrogens is 172 g/mol. The van der Waals surface area contributed by atoms with Crippen LogP contribution in [-0.2, 0) is 0 Å². The van der Waals surface area contributed by atoms with E-state index in [9.17, 15) is 0 Å². The quantitative estimate of drug-likeness (QED) is 0.616. The molecule has 0 aromatic carbocycles. The van der Waals surface area contributed by atoms with E-state index in [4.69, 9.17) is 11.6 Å². The molecule has 1 rings (SSSR count). The second-order valence-corrected chi connectivity index (χ2v) is 4.30. The van der Waals surface area contributed by atoms with Gasteiger partial charge in [-0.1, -0.05) is 0 Å². The maximum Gasteiger partial charge on any atom is 0.0382 e. The van der Waals surface area contributed by atoms with Crippen LogP contribution in [0.15, 0.2) is 0 Å². The van der Waals surface area contributed by atoms with Gasteiger partial charge in [0.05, 0.1) is 0 Å². The fourth-order valence-electron chi connectivity index (χ4n) is 1.97. The summed E-state index contributed by atoms with van der Waals surface area (Å²) in [6.07, 6.45) is 1.30. The first-order valence-electron chi connectivity index (χ1n) is 4.56. The average Bonchev–Trinajstić information content (AvgIpc) is 2.37. The lowest BCUT2D eigenvalue weighted by Crippen LogP contribution is -2.38. The number of likely N-dealkylation sites (tertiary alicyclic amines) is 1. The van der Waals surface area contributed by atoms with E-state index in [1.165, 1.54) is 19.5 Å². The molecule has 2 unspecified atom stereocenters. The van der Waals surface area contributed by atoms with Crippen LogP contribution in [-0.4, -0.2) is 56.0 Å². The molecule has 72 valence electrons. The van der Waals surface area contributed by atoms with E-state index < -0.39 is 0 Å². The molecule has 0 aliphatic carbocycles. The summed E-state index contributed by atoms with van der Waals surface area (Å²) in [6.45, 7) is 2.43. The Morgan fingerprint density at radius 1 is 1.58 bits per heavy atom. The van der Waals surface area contributed by atoms with E-state index in [1.54, 1.807) is 0 Å². The van der Waals surface area contributed by atoms with E-state index in [0.717, 1.165) is 11.8 Å². The van der Waals surface area contributed by atoms with E-state index >= 15 is 0 Å². The largest absolute Gasteiger partial charge is 0.306 e. The second-order valence-electron chi connectivity index (χ2n) is 4.00. The Balaban J connectivity index is 2.44. The number of rotatable bonds is 3. The van der Waals surface area contributed by atoms with Gasteiger partial charge < -0.3 is 9.80 Å². The number of hydrogen-bond donors (Lipinski definition) is 0. The minimum atomic E-state index is 0.552. The summed E-state index contributed by atoms with van der Waals surface area (Å²) >= 11 is 5.93. The third-order valence-corrected chi connectivity index (χ3v) is 3.11. The molecular formula is C9H19ClN2. The van der Waals surface area contributed by atoms with Gasteiger partial charge in [0.2, 0.25) is 0 Å². The van der Waals surface area contributed by atoms with Gasteiger partial charge in [-0.25, -0.2) is 0 Å². The Bertz CT molecular complexity index is 138. The van der Waals surface area contributed by atoms with Gasteiger partial charge in [-0.3, -0.25) is 0 Å². The molecule has 0 radical (unpaired) electrons. The molecule has 0 aromatic heterocycles. The molecule has 1 aliphatic heterocycles. The SMILES string of the molecule is CN1CCC(C(CCl)N(C)C)C1. The third-order valence-electron chi connectivity index (χ3n) is 2.79. The highest BCUT2D eigenvalue weighted by Gasteiger charge is 2.28. The minimum Gasteiger partial charge on any atom is -0.306 e. The van der Waals surface area contributed by atoms with Crippen LogP contribution in [0, 0.1) is 5.92 Å². The van der Waals surface area contributed by atoms with Crippen molar-refractivity contribution in [1.82, 2.24) is 9.80 Å². The molecule has 1 fully saturated rings. The van der Waals surface area contributed by atoms with Crippen molar-refractivity contribution in [2.75, 3.05) is 40.1 Å². The molecule has 0 aromatic rings. The highest BCUT2D eigenvalue weighted by Crippen LogP contribution is 2.21. The number of halogens is 1. The van der Waals surface area contributed by atoms with Crippen molar-refractivity contribution >= 4 is 11.6 Å². The Hall–Kier alpha value is 0.210. The monoisotopic (exact) mass is 190 g/mol. The zero-order chi connectivity index (χ0) is 9.14. The van der Waals surface area contributed by atoms with Gasteiger partial charge >= 0.3 is 0 Å². The Kier molecular flexibility index (Phi) is 3.81. The average molecular weight is 191 g/mol. The van der Waals surface area contributed by atoms with Crippen molar-refractivity contribution in [1.29, 1.82) is 0 Å². The third kappa shape index (κ3) is 2.35. The van der Waals surface area contributed by atoms with Crippen LogP contribution in [0.4, 0.5) is 0 Å². The topological polar surface area (TPSA) is 6.48 Å². The summed E-state index contributed by atoms with van der Waals surface area (Å²) in [5.74, 6) is 1.52. The highest BCUT2D eigenvalue weighted by molar-refractivity contribution is 6.18. The standard InChI is InChI=1S/C9H19ClN2/c1-11(2)9(6-10)8-4-5-12(3)7-8/h8-9H,4-7H2,1-3H3. The van der Waals surface area contributed by atoms with Gasteiger partial charge in [-0.15, -0.1) is 11.6 Å². The molecule has 1 heterocycles. The Morgan fingerprint density at radius 2 is 2.25 bits per heavy atom. The van der Waals surface area contributed by atoms with Crippen molar-refractivity contribution < 1.29 is 0 Å². The summed E-state index contributed by atoms with van der Waals surface area (Å²) in [6, 6.07) is 0.552. The molecule has 0 bridgehead atoms. The van der Waals surface area contributed by atoms with Crippen LogP contribution in [0.3, 0.4) is 0 Å². The zero-order valence-corrected chi connectivity index (χ0v) is 9.01. The summed E-state index contributed by atoms with van der Waals surface area (Å²) in [5.41, 5.74) is 0. The lowest BCUT2D eigenvalue weighted by atomic mass is 10.00. The first kappa shape index (κ1) is 10.3. The molecule has 1 saturated heterocycles. The fraction of sp³-hybridized carbons (Fsp3) is 1.00. The van der Waals surface area contributed by atoms with Gasteiger partial charge in [-0.05, 0) is 40.0 Å². The van der Waals surface area contributed by atoms with Crippen LogP contribution in [0.2, 0.25) is 0 Å². The van der Waals surface area contributed by atoms with Crippen molar-refractivity contribution in [3.05, 3.63) is 0 Å². The molecule has 1 aliphatic rings. The van der Waals surface area contributed by atoms with Crippen LogP contribution < -0.4 is 0 Å². The molecule has 2 atom stereocenters. The zero-order valence-electron chi connectivity index (χ0n) is 8.26. The molecule has 0 spiro atoms. The highest BCUT2D eigenvalue weighted by atomic mass is 35.5. The van der Waals surface area contributed by atoms with E-state index in [2.05, 4.69) is 30.9 Å². The van der Waals surface area contributed by atoms with Gasteiger partial charge in [0, 0.05) is 18.5 Å². The van der Waals surface area contributed by atoms with Gasteiger partial charge in [0.1, 0.15) is 0 Å². The predicted molar refractivity (Wildman–Crippen MR) is 53.8 cm³/mol. The predicted octanol–water partition coefficient (Wildman–Crippen LogP) is 1.11. The van der Waals surface area contributed by atoms with Crippen LogP contribution in [0.5, 0.6) is 0 Å². The first-order chi connectivity index (χ1) is 5.65. The van der Waals surface area contributed by atoms with E-state index in [-0.39, 0.29) is 0 Å². The van der Waals surface area contributed by atoms with Crippen molar-refractivity contribution in [3.8, 4) is 0 Å². The lowest BCUT2D eigenvalue weighted by molar-refractivity contribution is 0.230. The summed E-state index contributed by atoms with van der Waals surface area (Å²) in [4.78, 5) is 4.63. The van der Waals surface area contributed by atoms with Gasteiger partial charge in [0.15, 0.2) is 0 Å². The van der Waals surface area contributed by atoms with Crippen LogP contribution >= 0.6 is 11.6 Å². The van der Waals surface area contributed by atoms with Crippen LogP contribution in [0.1, 0.15) is 6.42 Å². The smallest absolute Gasteiger partial charge is 0.0382 e. The Labute approximate surface area is 80.5 Å². The molecule has 3 heteroatoms. The summed E-state index contributed by atoms with van der Waals surface area (Å²) < 4.78 is 0. The molecule has 12 heavy (non-hydrogen) atoms. The molecule has 0 amide bonds. The maximum atomic E-state index is 5.93. The lowest BCUT2D eigenvalue weighted by Gasteiger charge is -2.27. The maximum absolute atomic E-state index is 5.93.